The number of rotatable bonds is 4. The summed E-state index contributed by atoms with van der Waals surface area (Å²) in [5.74, 6) is 2.62. The van der Waals surface area contributed by atoms with Crippen LogP contribution in [0.15, 0.2) is 52.3 Å². The van der Waals surface area contributed by atoms with E-state index in [9.17, 15) is 0 Å². The van der Waals surface area contributed by atoms with Crippen molar-refractivity contribution in [3.8, 4) is 17.4 Å². The Morgan fingerprint density at radius 3 is 1.77 bits per heavy atom. The van der Waals surface area contributed by atoms with Gasteiger partial charge >= 0.3 is 0 Å². The van der Waals surface area contributed by atoms with E-state index < -0.39 is 0 Å². The highest BCUT2D eigenvalue weighted by molar-refractivity contribution is 6.02. The summed E-state index contributed by atoms with van der Waals surface area (Å²) in [5.41, 5.74) is 10.5. The molecular weight excluding hydrogens is 434 g/mol. The standard InChI is InChI=1S/C30H31N3O2/c1-16-10-19(4)28(20(5)11-16)34-26-14-18(3)24(32-26)15-25-23(8)27(31-9)30(33-25)35-29-21(6)12-17(2)13-22(29)7/h10-15,32H,1-8H3. The zero-order valence-corrected chi connectivity index (χ0v) is 21.7. The average Bonchev–Trinajstić information content (AvgIpc) is 3.26. The Bertz CT molecular complexity index is 1430. The van der Waals surface area contributed by atoms with E-state index in [0.717, 1.165) is 50.6 Å². The number of ether oxygens (including phenoxy) is 2. The number of aliphatic imine (C=N–C) groups is 1. The number of aromatic amines is 1. The molecule has 0 aliphatic carbocycles. The van der Waals surface area contributed by atoms with Crippen LogP contribution in [-0.4, -0.2) is 10.9 Å². The van der Waals surface area contributed by atoms with E-state index in [-0.39, 0.29) is 0 Å². The Morgan fingerprint density at radius 2 is 1.26 bits per heavy atom. The van der Waals surface area contributed by atoms with Crippen LogP contribution in [0.4, 0.5) is 0 Å². The van der Waals surface area contributed by atoms with Gasteiger partial charge in [-0.3, -0.25) is 0 Å². The van der Waals surface area contributed by atoms with Crippen LogP contribution in [0.2, 0.25) is 0 Å². The number of nitrogens with one attached hydrogen (secondary N) is 1. The molecule has 0 atom stereocenters. The van der Waals surface area contributed by atoms with Gasteiger partial charge in [-0.1, -0.05) is 35.4 Å². The maximum absolute atomic E-state index is 7.72. The zero-order chi connectivity index (χ0) is 25.4. The lowest BCUT2D eigenvalue weighted by molar-refractivity contribution is 0.458. The molecule has 1 aromatic heterocycles. The molecule has 0 radical (unpaired) electrons. The lowest BCUT2D eigenvalue weighted by Gasteiger charge is -2.12. The molecule has 3 aromatic rings. The molecule has 5 nitrogen and oxygen atoms in total. The minimum absolute atomic E-state index is 0.338. The molecule has 2 aromatic carbocycles. The van der Waals surface area contributed by atoms with E-state index in [2.05, 4.69) is 61.8 Å². The Kier molecular flexibility index (Phi) is 6.41. The van der Waals surface area contributed by atoms with Crippen LogP contribution in [0.3, 0.4) is 0 Å². The van der Waals surface area contributed by atoms with E-state index in [1.54, 1.807) is 0 Å². The van der Waals surface area contributed by atoms with Gasteiger partial charge in [-0.15, -0.1) is 0 Å². The molecule has 35 heavy (non-hydrogen) atoms. The van der Waals surface area contributed by atoms with Crippen molar-refractivity contribution in [1.82, 2.24) is 4.98 Å². The highest BCUT2D eigenvalue weighted by atomic mass is 16.5. The molecule has 0 fully saturated rings. The summed E-state index contributed by atoms with van der Waals surface area (Å²) in [4.78, 5) is 11.8. The van der Waals surface area contributed by atoms with E-state index in [0.29, 0.717) is 23.2 Å². The van der Waals surface area contributed by atoms with Crippen LogP contribution in [0.1, 0.15) is 51.6 Å². The van der Waals surface area contributed by atoms with Crippen molar-refractivity contribution >= 4 is 12.0 Å². The monoisotopic (exact) mass is 465 g/mol. The first-order chi connectivity index (χ1) is 16.6. The van der Waals surface area contributed by atoms with Gasteiger partial charge in [0.05, 0.1) is 12.3 Å². The van der Waals surface area contributed by atoms with Crippen molar-refractivity contribution in [3.63, 3.8) is 0 Å². The first kappa shape index (κ1) is 24.1. The lowest BCUT2D eigenvalue weighted by Crippen LogP contribution is -2.09. The van der Waals surface area contributed by atoms with Crippen molar-refractivity contribution in [2.24, 2.45) is 4.99 Å². The van der Waals surface area contributed by atoms with Crippen LogP contribution < -0.4 is 9.47 Å². The number of hydrogen-bond acceptors (Lipinski definition) is 3. The number of allylic oxidation sites excluding steroid dienone is 1. The van der Waals surface area contributed by atoms with E-state index in [4.69, 9.17) is 21.0 Å². The molecule has 5 heteroatoms. The van der Waals surface area contributed by atoms with Gasteiger partial charge in [0, 0.05) is 11.8 Å². The van der Waals surface area contributed by atoms with E-state index in [1.165, 1.54) is 11.1 Å². The fraction of sp³-hybridized carbons (Fsp3) is 0.267. The third-order valence-corrected chi connectivity index (χ3v) is 6.21. The van der Waals surface area contributed by atoms with Crippen molar-refractivity contribution in [2.75, 3.05) is 0 Å². The van der Waals surface area contributed by atoms with Crippen LogP contribution in [0, 0.1) is 55.0 Å². The SMILES string of the molecule is [C-]#[N+]C1=C(C)C(=Cc2[nH]c(Oc3c(C)cc(C)cc3C)cc2C)N=C1Oc1c(C)cc(C)cc1C. The molecule has 0 spiro atoms. The Hall–Kier alpha value is -4.04. The summed E-state index contributed by atoms with van der Waals surface area (Å²) in [6, 6.07) is 10.4. The summed E-state index contributed by atoms with van der Waals surface area (Å²) in [7, 11) is 0. The highest BCUT2D eigenvalue weighted by Crippen LogP contribution is 2.34. The smallest absolute Gasteiger partial charge is 0.252 e. The van der Waals surface area contributed by atoms with Gasteiger partial charge in [0.15, 0.2) is 5.88 Å². The maximum atomic E-state index is 7.72. The van der Waals surface area contributed by atoms with Crippen molar-refractivity contribution in [2.45, 2.75) is 55.4 Å². The molecular formula is C30H31N3O2. The number of aryl methyl sites for hydroxylation is 7. The van der Waals surface area contributed by atoms with Gasteiger partial charge < -0.3 is 14.5 Å². The van der Waals surface area contributed by atoms with E-state index in [1.807, 2.05) is 39.8 Å². The fourth-order valence-electron chi connectivity index (χ4n) is 4.62. The Morgan fingerprint density at radius 1 is 0.743 bits per heavy atom. The third kappa shape index (κ3) is 4.79. The molecule has 0 saturated heterocycles. The Balaban J connectivity index is 1.66. The van der Waals surface area contributed by atoms with Gasteiger partial charge in [-0.2, -0.15) is 0 Å². The summed E-state index contributed by atoms with van der Waals surface area (Å²) >= 11 is 0. The molecule has 0 saturated carbocycles. The fourth-order valence-corrected chi connectivity index (χ4v) is 4.62. The third-order valence-electron chi connectivity index (χ3n) is 6.21. The Labute approximate surface area is 207 Å². The second-order valence-electron chi connectivity index (χ2n) is 9.42. The van der Waals surface area contributed by atoms with Crippen LogP contribution >= 0.6 is 0 Å². The molecule has 0 amide bonds. The van der Waals surface area contributed by atoms with Gasteiger partial charge in [0.2, 0.25) is 5.90 Å². The van der Waals surface area contributed by atoms with Gasteiger partial charge in [-0.25, -0.2) is 9.84 Å². The van der Waals surface area contributed by atoms with Crippen LogP contribution in [0.5, 0.6) is 17.4 Å². The van der Waals surface area contributed by atoms with Crippen molar-refractivity contribution in [1.29, 1.82) is 0 Å². The first-order valence-electron chi connectivity index (χ1n) is 11.7. The number of H-pyrrole nitrogens is 1. The van der Waals surface area contributed by atoms with Gasteiger partial charge in [0.25, 0.3) is 5.70 Å². The molecule has 1 aliphatic heterocycles. The summed E-state index contributed by atoms with van der Waals surface area (Å²) in [5, 5.41) is 0. The molecule has 2 heterocycles. The highest BCUT2D eigenvalue weighted by Gasteiger charge is 2.25. The predicted octanol–water partition coefficient (Wildman–Crippen LogP) is 7.99. The number of aromatic nitrogens is 1. The molecule has 178 valence electrons. The topological polar surface area (TPSA) is 51.0 Å². The van der Waals surface area contributed by atoms with Crippen LogP contribution in [-0.2, 0) is 0 Å². The normalized spacial score (nSPS) is 14.4. The second-order valence-corrected chi connectivity index (χ2v) is 9.42. The quantitative estimate of drug-likeness (QED) is 0.397. The van der Waals surface area contributed by atoms with Crippen molar-refractivity contribution < 1.29 is 9.47 Å². The predicted molar refractivity (Wildman–Crippen MR) is 142 cm³/mol. The molecule has 1 N–H and O–H groups in total. The molecule has 1 aliphatic rings. The number of nitrogens with zero attached hydrogens (tertiary/aromatic N) is 2. The molecule has 0 unspecified atom stereocenters. The largest absolute Gasteiger partial charge is 0.448 e. The number of hydrogen-bond donors (Lipinski definition) is 1. The van der Waals surface area contributed by atoms with Gasteiger partial charge in [-0.05, 0) is 94.9 Å². The van der Waals surface area contributed by atoms with Crippen LogP contribution in [0.25, 0.3) is 10.9 Å². The summed E-state index contributed by atoms with van der Waals surface area (Å²) < 4.78 is 12.4. The average molecular weight is 466 g/mol. The van der Waals surface area contributed by atoms with Crippen molar-refractivity contribution in [3.05, 3.63) is 103 Å². The summed E-state index contributed by atoms with van der Waals surface area (Å²) in [6.45, 7) is 23.9. The first-order valence-corrected chi connectivity index (χ1v) is 11.7. The molecule has 0 bridgehead atoms. The van der Waals surface area contributed by atoms with E-state index >= 15 is 0 Å². The summed E-state index contributed by atoms with van der Waals surface area (Å²) in [6.07, 6.45) is 1.95. The lowest BCUT2D eigenvalue weighted by atomic mass is 10.1. The maximum Gasteiger partial charge on any atom is 0.252 e. The second kappa shape index (κ2) is 9.31. The zero-order valence-electron chi connectivity index (χ0n) is 21.7. The number of benzene rings is 2. The van der Waals surface area contributed by atoms with Gasteiger partial charge in [0.1, 0.15) is 11.5 Å². The molecule has 4 rings (SSSR count). The minimum Gasteiger partial charge on any atom is -0.448 e. The minimum atomic E-state index is 0.338.